The second-order valence-electron chi connectivity index (χ2n) is 12.6. The van der Waals surface area contributed by atoms with Crippen molar-refractivity contribution in [1.29, 1.82) is 0 Å². The second kappa shape index (κ2) is 16.5. The van der Waals surface area contributed by atoms with E-state index in [1.54, 1.807) is 0 Å². The number of hydrogen-bond donors (Lipinski definition) is 3. The van der Waals surface area contributed by atoms with E-state index in [1.807, 2.05) is 79.1 Å². The van der Waals surface area contributed by atoms with Crippen molar-refractivity contribution in [2.45, 2.75) is 83.1 Å². The Hall–Kier alpha value is -4.83. The van der Waals surface area contributed by atoms with Crippen molar-refractivity contribution >= 4 is 22.9 Å². The number of carboxylic acids is 1. The van der Waals surface area contributed by atoms with E-state index in [-0.39, 0.29) is 31.1 Å². The van der Waals surface area contributed by atoms with E-state index in [4.69, 9.17) is 14.6 Å². The summed E-state index contributed by atoms with van der Waals surface area (Å²) in [6.07, 6.45) is 5.28. The van der Waals surface area contributed by atoms with Crippen LogP contribution in [0.1, 0.15) is 79.6 Å². The molecule has 0 spiro atoms. The van der Waals surface area contributed by atoms with E-state index in [9.17, 15) is 14.7 Å². The summed E-state index contributed by atoms with van der Waals surface area (Å²) in [6.45, 7) is 1.05. The Morgan fingerprint density at radius 2 is 1.53 bits per heavy atom. The molecule has 3 atom stereocenters. The van der Waals surface area contributed by atoms with Gasteiger partial charge in [0.15, 0.2) is 6.29 Å². The molecule has 9 heteroatoms. The summed E-state index contributed by atoms with van der Waals surface area (Å²) in [5.74, 6) is -0.783. The zero-order chi connectivity index (χ0) is 34.0. The van der Waals surface area contributed by atoms with Crippen LogP contribution in [0.15, 0.2) is 103 Å². The molecule has 5 aromatic rings. The number of unbranched alkanes of at least 4 members (excludes halogenated alkanes) is 3. The maximum atomic E-state index is 12.5. The van der Waals surface area contributed by atoms with Crippen LogP contribution >= 0.6 is 0 Å². The number of hydrogen-bond acceptors (Lipinski definition) is 6. The first-order valence-electron chi connectivity index (χ1n) is 17.0. The molecule has 0 radical (unpaired) electrons. The van der Waals surface area contributed by atoms with Crippen LogP contribution in [-0.2, 0) is 38.8 Å². The highest BCUT2D eigenvalue weighted by Crippen LogP contribution is 2.39. The van der Waals surface area contributed by atoms with Gasteiger partial charge in [0.05, 0.1) is 42.7 Å². The number of rotatable bonds is 15. The summed E-state index contributed by atoms with van der Waals surface area (Å²) >= 11 is 0. The molecule has 6 rings (SSSR count). The molecule has 1 aliphatic heterocycles. The molecule has 4 aromatic carbocycles. The standard InChI is InChI=1S/C40H43N3O6/c44-26-28-15-17-30(18-16-28)37-23-33(25-43-27-42-35-11-7-8-12-36(35)43)48-40(49-37)31-21-19-29(20-22-31)34-10-6-5-9-32(34)24-41-38(45)13-3-1-2-4-14-39(46)47/h5-12,15-22,27,33,37,40,44H,1-4,13-14,23-26H2,(H,41,45)(H,46,47). The van der Waals surface area contributed by atoms with Crippen LogP contribution in [0.2, 0.25) is 0 Å². The normalized spacial score (nSPS) is 17.6. The number of para-hydroxylation sites is 2. The number of amides is 1. The Labute approximate surface area is 286 Å². The maximum Gasteiger partial charge on any atom is 0.303 e. The molecule has 1 saturated heterocycles. The van der Waals surface area contributed by atoms with E-state index < -0.39 is 12.3 Å². The number of fused-ring (bicyclic) bond motifs is 1. The van der Waals surface area contributed by atoms with Gasteiger partial charge in [-0.1, -0.05) is 97.8 Å². The van der Waals surface area contributed by atoms with Crippen molar-refractivity contribution in [2.75, 3.05) is 0 Å². The molecule has 2 heterocycles. The smallest absolute Gasteiger partial charge is 0.303 e. The highest BCUT2D eigenvalue weighted by Gasteiger charge is 2.32. The number of carbonyl (C=O) groups is 2. The highest BCUT2D eigenvalue weighted by atomic mass is 16.7. The van der Waals surface area contributed by atoms with Crippen LogP contribution in [0.3, 0.4) is 0 Å². The minimum atomic E-state index is -0.777. The summed E-state index contributed by atoms with van der Waals surface area (Å²) in [5.41, 5.74) is 7.91. The first-order chi connectivity index (χ1) is 24.0. The molecule has 0 bridgehead atoms. The molecule has 9 nitrogen and oxygen atoms in total. The van der Waals surface area contributed by atoms with Crippen LogP contribution in [0.5, 0.6) is 0 Å². The zero-order valence-corrected chi connectivity index (χ0v) is 27.5. The molecule has 0 aliphatic carbocycles. The lowest BCUT2D eigenvalue weighted by molar-refractivity contribution is -0.252. The third-order valence-electron chi connectivity index (χ3n) is 9.07. The first kappa shape index (κ1) is 34.0. The Balaban J connectivity index is 1.13. The van der Waals surface area contributed by atoms with E-state index in [2.05, 4.69) is 39.1 Å². The molecule has 1 fully saturated rings. The second-order valence-corrected chi connectivity index (χ2v) is 12.6. The number of aromatic nitrogens is 2. The van der Waals surface area contributed by atoms with Gasteiger partial charge in [0.2, 0.25) is 5.91 Å². The van der Waals surface area contributed by atoms with E-state index in [1.165, 1.54) is 0 Å². The number of nitrogens with zero attached hydrogens (tertiary/aromatic N) is 2. The molecule has 3 unspecified atom stereocenters. The van der Waals surface area contributed by atoms with Gasteiger partial charge in [-0.15, -0.1) is 0 Å². The van der Waals surface area contributed by atoms with Gasteiger partial charge in [-0.2, -0.15) is 0 Å². The minimum Gasteiger partial charge on any atom is -0.481 e. The van der Waals surface area contributed by atoms with Crippen LogP contribution in [0.4, 0.5) is 0 Å². The van der Waals surface area contributed by atoms with Gasteiger partial charge < -0.3 is 29.6 Å². The Morgan fingerprint density at radius 3 is 2.31 bits per heavy atom. The van der Waals surface area contributed by atoms with Crippen molar-refractivity contribution < 1.29 is 29.3 Å². The molecule has 49 heavy (non-hydrogen) atoms. The molecular formula is C40H43N3O6. The van der Waals surface area contributed by atoms with Gasteiger partial charge in [0, 0.05) is 31.4 Å². The van der Waals surface area contributed by atoms with Crippen molar-refractivity contribution in [3.63, 3.8) is 0 Å². The van der Waals surface area contributed by atoms with Gasteiger partial charge in [0.1, 0.15) is 0 Å². The predicted molar refractivity (Wildman–Crippen MR) is 187 cm³/mol. The minimum absolute atomic E-state index is 0.00576. The van der Waals surface area contributed by atoms with Gasteiger partial charge in [-0.3, -0.25) is 9.59 Å². The topological polar surface area (TPSA) is 123 Å². The average Bonchev–Trinajstić information content (AvgIpc) is 3.54. The number of ether oxygens (including phenoxy) is 2. The quantitative estimate of drug-likeness (QED) is 0.0994. The summed E-state index contributed by atoms with van der Waals surface area (Å²) < 4.78 is 15.3. The number of aliphatic carboxylic acids is 1. The fourth-order valence-electron chi connectivity index (χ4n) is 6.38. The van der Waals surface area contributed by atoms with Gasteiger partial charge >= 0.3 is 5.97 Å². The predicted octanol–water partition coefficient (Wildman–Crippen LogP) is 7.48. The summed E-state index contributed by atoms with van der Waals surface area (Å²) in [5, 5.41) is 21.4. The summed E-state index contributed by atoms with van der Waals surface area (Å²) in [6, 6.07) is 32.3. The lowest BCUT2D eigenvalue weighted by Gasteiger charge is -2.36. The Bertz CT molecular complexity index is 1840. The monoisotopic (exact) mass is 661 g/mol. The van der Waals surface area contributed by atoms with Crippen molar-refractivity contribution in [3.8, 4) is 11.1 Å². The molecule has 0 saturated carbocycles. The van der Waals surface area contributed by atoms with Crippen LogP contribution in [0.25, 0.3) is 22.2 Å². The van der Waals surface area contributed by atoms with Crippen LogP contribution < -0.4 is 5.32 Å². The molecule has 1 aromatic heterocycles. The number of carboxylic acid groups (broad SMARTS) is 1. The van der Waals surface area contributed by atoms with Crippen molar-refractivity contribution in [1.82, 2.24) is 14.9 Å². The number of nitrogens with one attached hydrogen (secondary N) is 1. The molecule has 1 amide bonds. The van der Waals surface area contributed by atoms with Gasteiger partial charge in [0.25, 0.3) is 0 Å². The summed E-state index contributed by atoms with van der Waals surface area (Å²) in [4.78, 5) is 27.8. The molecule has 1 aliphatic rings. The fraction of sp³-hybridized carbons (Fsp3) is 0.325. The molecule has 3 N–H and O–H groups in total. The van der Waals surface area contributed by atoms with Crippen molar-refractivity contribution in [3.05, 3.63) is 126 Å². The lowest BCUT2D eigenvalue weighted by atomic mass is 9.97. The average molecular weight is 662 g/mol. The van der Waals surface area contributed by atoms with Crippen LogP contribution in [0, 0.1) is 0 Å². The fourth-order valence-corrected chi connectivity index (χ4v) is 6.38. The van der Waals surface area contributed by atoms with E-state index in [0.29, 0.717) is 32.4 Å². The number of carbonyl (C=O) groups excluding carboxylic acids is 1. The number of aliphatic hydroxyl groups excluding tert-OH is 1. The Kier molecular flexibility index (Phi) is 11.5. The number of imidazole rings is 1. The molecular weight excluding hydrogens is 618 g/mol. The largest absolute Gasteiger partial charge is 0.481 e. The van der Waals surface area contributed by atoms with E-state index in [0.717, 1.165) is 63.7 Å². The summed E-state index contributed by atoms with van der Waals surface area (Å²) in [7, 11) is 0. The lowest BCUT2D eigenvalue weighted by Crippen LogP contribution is -2.32. The van der Waals surface area contributed by atoms with Crippen molar-refractivity contribution in [2.24, 2.45) is 0 Å². The Morgan fingerprint density at radius 1 is 0.816 bits per heavy atom. The SMILES string of the molecule is O=C(O)CCCCCCC(=O)NCc1ccccc1-c1ccc(C2OC(Cn3cnc4ccccc43)CC(c3ccc(CO)cc3)O2)cc1. The van der Waals surface area contributed by atoms with Gasteiger partial charge in [-0.25, -0.2) is 4.98 Å². The third-order valence-corrected chi connectivity index (χ3v) is 9.07. The molecule has 254 valence electrons. The number of benzene rings is 4. The van der Waals surface area contributed by atoms with Crippen LogP contribution in [-0.4, -0.2) is 37.7 Å². The highest BCUT2D eigenvalue weighted by molar-refractivity contribution is 5.77. The third kappa shape index (κ3) is 9.00. The van der Waals surface area contributed by atoms with E-state index >= 15 is 0 Å². The van der Waals surface area contributed by atoms with Gasteiger partial charge in [-0.05, 0) is 52.8 Å². The first-order valence-corrected chi connectivity index (χ1v) is 17.0. The number of aliphatic hydroxyl groups is 1. The zero-order valence-electron chi connectivity index (χ0n) is 27.5. The maximum absolute atomic E-state index is 12.5.